The molecule has 0 radical (unpaired) electrons. The number of rotatable bonds is 5. The van der Waals surface area contributed by atoms with Gasteiger partial charge in [-0.2, -0.15) is 4.98 Å². The molecule has 0 fully saturated rings. The molecule has 1 rings (SSSR count). The number of carbonyl (C=O) groups excluding carboxylic acids is 1. The second-order valence-corrected chi connectivity index (χ2v) is 4.01. The number of hydrogen-bond acceptors (Lipinski definition) is 5. The molecule has 100 valence electrons. The first-order chi connectivity index (χ1) is 8.49. The van der Waals surface area contributed by atoms with Crippen LogP contribution in [0, 0.1) is 0 Å². The summed E-state index contributed by atoms with van der Waals surface area (Å²) in [7, 11) is 3.28. The zero-order chi connectivity index (χ0) is 13.7. The van der Waals surface area contributed by atoms with Gasteiger partial charge in [0, 0.05) is 19.7 Å². The predicted octanol–water partition coefficient (Wildman–Crippen LogP) is 0.951. The lowest BCUT2D eigenvalue weighted by Gasteiger charge is -2.21. The molecule has 0 saturated heterocycles. The Morgan fingerprint density at radius 3 is 2.83 bits per heavy atom. The lowest BCUT2D eigenvalue weighted by molar-refractivity contribution is -0.130. The predicted molar refractivity (Wildman–Crippen MR) is 71.6 cm³/mol. The number of nitrogen functional groups attached to an aromatic ring is 1. The van der Waals surface area contributed by atoms with Crippen LogP contribution in [0.15, 0.2) is 12.1 Å². The largest absolute Gasteiger partial charge is 0.481 e. The number of anilines is 2. The van der Waals surface area contributed by atoms with Gasteiger partial charge in [-0.3, -0.25) is 4.79 Å². The highest BCUT2D eigenvalue weighted by Gasteiger charge is 2.17. The van der Waals surface area contributed by atoms with Crippen molar-refractivity contribution in [1.82, 2.24) is 9.88 Å². The molecule has 6 nitrogen and oxygen atoms in total. The number of hydrogen-bond donors (Lipinski definition) is 2. The molecule has 0 aliphatic rings. The second-order valence-electron chi connectivity index (χ2n) is 4.01. The number of amides is 1. The Bertz CT molecular complexity index is 423. The molecular formula is C12H20N4O2. The SMILES string of the molecule is CCN(C)C(=O)C(C)Nc1nc(OC)ccc1N. The van der Waals surface area contributed by atoms with Crippen molar-refractivity contribution < 1.29 is 9.53 Å². The molecular weight excluding hydrogens is 232 g/mol. The Morgan fingerprint density at radius 1 is 1.61 bits per heavy atom. The van der Waals surface area contributed by atoms with E-state index in [1.54, 1.807) is 31.0 Å². The quantitative estimate of drug-likeness (QED) is 0.815. The van der Waals surface area contributed by atoms with Crippen LogP contribution in [0.2, 0.25) is 0 Å². The lowest BCUT2D eigenvalue weighted by atomic mass is 10.2. The Kier molecular flexibility index (Phi) is 4.76. The number of pyridine rings is 1. The summed E-state index contributed by atoms with van der Waals surface area (Å²) in [6.45, 7) is 4.35. The normalized spacial score (nSPS) is 11.8. The minimum atomic E-state index is -0.392. The molecule has 1 atom stereocenters. The Morgan fingerprint density at radius 2 is 2.28 bits per heavy atom. The van der Waals surface area contributed by atoms with Gasteiger partial charge in [0.2, 0.25) is 11.8 Å². The highest BCUT2D eigenvalue weighted by molar-refractivity contribution is 5.84. The number of nitrogens with one attached hydrogen (secondary N) is 1. The highest BCUT2D eigenvalue weighted by atomic mass is 16.5. The van der Waals surface area contributed by atoms with Gasteiger partial charge < -0.3 is 20.7 Å². The summed E-state index contributed by atoms with van der Waals surface area (Å²) >= 11 is 0. The van der Waals surface area contributed by atoms with Crippen molar-refractivity contribution in [2.24, 2.45) is 0 Å². The third-order valence-electron chi connectivity index (χ3n) is 2.68. The van der Waals surface area contributed by atoms with E-state index in [4.69, 9.17) is 10.5 Å². The molecule has 1 unspecified atom stereocenters. The fourth-order valence-corrected chi connectivity index (χ4v) is 1.43. The average molecular weight is 252 g/mol. The van der Waals surface area contributed by atoms with Crippen molar-refractivity contribution in [2.75, 3.05) is 31.8 Å². The van der Waals surface area contributed by atoms with Crippen molar-refractivity contribution in [1.29, 1.82) is 0 Å². The maximum absolute atomic E-state index is 11.9. The van der Waals surface area contributed by atoms with Gasteiger partial charge in [0.1, 0.15) is 6.04 Å². The van der Waals surface area contributed by atoms with E-state index in [1.165, 1.54) is 7.11 Å². The molecule has 0 aliphatic heterocycles. The summed E-state index contributed by atoms with van der Waals surface area (Å²) in [4.78, 5) is 17.7. The summed E-state index contributed by atoms with van der Waals surface area (Å²) in [5, 5.41) is 2.99. The summed E-state index contributed by atoms with van der Waals surface area (Å²) in [6, 6.07) is 2.97. The Balaban J connectivity index is 2.80. The van der Waals surface area contributed by atoms with Crippen molar-refractivity contribution in [3.05, 3.63) is 12.1 Å². The summed E-state index contributed by atoms with van der Waals surface area (Å²) in [5.41, 5.74) is 6.28. The summed E-state index contributed by atoms with van der Waals surface area (Å²) < 4.78 is 5.02. The van der Waals surface area contributed by atoms with Crippen LogP contribution in [-0.2, 0) is 4.79 Å². The van der Waals surface area contributed by atoms with Gasteiger partial charge in [0.25, 0.3) is 0 Å². The van der Waals surface area contributed by atoms with Crippen LogP contribution < -0.4 is 15.8 Å². The van der Waals surface area contributed by atoms with Crippen molar-refractivity contribution in [3.8, 4) is 5.88 Å². The molecule has 1 aromatic rings. The van der Waals surface area contributed by atoms with Crippen LogP contribution in [0.25, 0.3) is 0 Å². The first-order valence-electron chi connectivity index (χ1n) is 5.81. The zero-order valence-electron chi connectivity index (χ0n) is 11.2. The molecule has 18 heavy (non-hydrogen) atoms. The van der Waals surface area contributed by atoms with Crippen molar-refractivity contribution in [3.63, 3.8) is 0 Å². The maximum atomic E-state index is 11.9. The molecule has 1 aromatic heterocycles. The van der Waals surface area contributed by atoms with Crippen molar-refractivity contribution >= 4 is 17.4 Å². The Labute approximate surface area is 107 Å². The third kappa shape index (κ3) is 3.26. The van der Waals surface area contributed by atoms with Gasteiger partial charge in [0.15, 0.2) is 5.82 Å². The third-order valence-corrected chi connectivity index (χ3v) is 2.68. The second kappa shape index (κ2) is 6.09. The van der Waals surface area contributed by atoms with Gasteiger partial charge in [0.05, 0.1) is 12.8 Å². The van der Waals surface area contributed by atoms with E-state index in [1.807, 2.05) is 6.92 Å². The van der Waals surface area contributed by atoms with Crippen LogP contribution in [-0.4, -0.2) is 42.5 Å². The number of ether oxygens (including phenoxy) is 1. The first-order valence-corrected chi connectivity index (χ1v) is 5.81. The van der Waals surface area contributed by atoms with E-state index in [9.17, 15) is 4.79 Å². The van der Waals surface area contributed by atoms with Gasteiger partial charge in [-0.25, -0.2) is 0 Å². The first kappa shape index (κ1) is 14.1. The molecule has 0 spiro atoms. The van der Waals surface area contributed by atoms with Crippen LogP contribution in [0.3, 0.4) is 0 Å². The number of likely N-dealkylation sites (N-methyl/N-ethyl adjacent to an activating group) is 1. The highest BCUT2D eigenvalue weighted by Crippen LogP contribution is 2.20. The van der Waals surface area contributed by atoms with Gasteiger partial charge in [-0.1, -0.05) is 0 Å². The smallest absolute Gasteiger partial charge is 0.244 e. The van der Waals surface area contributed by atoms with E-state index in [0.29, 0.717) is 23.9 Å². The van der Waals surface area contributed by atoms with Gasteiger partial charge >= 0.3 is 0 Å². The number of nitrogens with two attached hydrogens (primary N) is 1. The van der Waals surface area contributed by atoms with Gasteiger partial charge in [-0.15, -0.1) is 0 Å². The Hall–Kier alpha value is -1.98. The summed E-state index contributed by atoms with van der Waals surface area (Å²) in [5.74, 6) is 0.899. The van der Waals surface area contributed by atoms with Crippen LogP contribution in [0.1, 0.15) is 13.8 Å². The number of methoxy groups -OCH3 is 1. The fraction of sp³-hybridized carbons (Fsp3) is 0.500. The number of carbonyl (C=O) groups is 1. The molecule has 1 heterocycles. The fourth-order valence-electron chi connectivity index (χ4n) is 1.43. The molecule has 0 bridgehead atoms. The molecule has 1 amide bonds. The molecule has 0 aliphatic carbocycles. The minimum Gasteiger partial charge on any atom is -0.481 e. The van der Waals surface area contributed by atoms with Gasteiger partial charge in [-0.05, 0) is 19.9 Å². The number of aromatic nitrogens is 1. The summed E-state index contributed by atoms with van der Waals surface area (Å²) in [6.07, 6.45) is 0. The molecule has 0 aromatic carbocycles. The van der Waals surface area contributed by atoms with E-state index >= 15 is 0 Å². The topological polar surface area (TPSA) is 80.5 Å². The van der Waals surface area contributed by atoms with E-state index in [-0.39, 0.29) is 5.91 Å². The molecule has 6 heteroatoms. The van der Waals surface area contributed by atoms with Crippen LogP contribution in [0.5, 0.6) is 5.88 Å². The van der Waals surface area contributed by atoms with Crippen LogP contribution >= 0.6 is 0 Å². The van der Waals surface area contributed by atoms with Crippen molar-refractivity contribution in [2.45, 2.75) is 19.9 Å². The van der Waals surface area contributed by atoms with Crippen LogP contribution in [0.4, 0.5) is 11.5 Å². The number of nitrogens with zero attached hydrogens (tertiary/aromatic N) is 2. The van der Waals surface area contributed by atoms with E-state index in [2.05, 4.69) is 10.3 Å². The standard InChI is InChI=1S/C12H20N4O2/c1-5-16(3)12(17)8(2)14-11-9(13)6-7-10(15-11)18-4/h6-8H,5,13H2,1-4H3,(H,14,15). The van der Waals surface area contributed by atoms with E-state index in [0.717, 1.165) is 0 Å². The minimum absolute atomic E-state index is 0.0125. The zero-order valence-corrected chi connectivity index (χ0v) is 11.2. The monoisotopic (exact) mass is 252 g/mol. The molecule has 3 N–H and O–H groups in total. The maximum Gasteiger partial charge on any atom is 0.244 e. The lowest BCUT2D eigenvalue weighted by Crippen LogP contribution is -2.39. The average Bonchev–Trinajstić information content (AvgIpc) is 2.39. The molecule has 0 saturated carbocycles. The van der Waals surface area contributed by atoms with E-state index < -0.39 is 6.04 Å².